The van der Waals surface area contributed by atoms with Gasteiger partial charge in [0.1, 0.15) is 10.6 Å². The minimum Gasteiger partial charge on any atom is -0.478 e. The summed E-state index contributed by atoms with van der Waals surface area (Å²) in [6.45, 7) is 7.50. The highest BCUT2D eigenvalue weighted by Crippen LogP contribution is 2.35. The molecule has 0 aliphatic carbocycles. The number of hydrogen-bond acceptors (Lipinski definition) is 6. The summed E-state index contributed by atoms with van der Waals surface area (Å²) in [4.78, 5) is 35.7. The van der Waals surface area contributed by atoms with Crippen molar-refractivity contribution < 1.29 is 29.8 Å². The maximum atomic E-state index is 12.6. The number of rotatable bonds is 8. The standard InChI is InChI=1S/C20H25N3O6S/c1-9(2)12-5-6-13(18(24)25)14(10(3)4)16(12)22-20(28)21-7-11-8-30-17(23-29)15(11)19(26)27/h5-6,8-10,23,29H,7H2,1-4H3,(H,24,25)(H,26,27)(H2,21,22,28). The molecule has 0 saturated carbocycles. The molecule has 0 aliphatic heterocycles. The largest absolute Gasteiger partial charge is 0.478 e. The number of carboxylic acid groups (broad SMARTS) is 2. The van der Waals surface area contributed by atoms with Crippen LogP contribution in [-0.2, 0) is 6.54 Å². The van der Waals surface area contributed by atoms with Crippen molar-refractivity contribution in [1.82, 2.24) is 5.32 Å². The molecular weight excluding hydrogens is 410 g/mol. The Morgan fingerprint density at radius 2 is 1.70 bits per heavy atom. The third-order valence-electron chi connectivity index (χ3n) is 4.57. The number of carbonyl (C=O) groups excluding carboxylic acids is 1. The summed E-state index contributed by atoms with van der Waals surface area (Å²) in [5.41, 5.74) is 3.92. The minimum atomic E-state index is -1.23. The van der Waals surface area contributed by atoms with Crippen LogP contribution in [0.2, 0.25) is 0 Å². The lowest BCUT2D eigenvalue weighted by atomic mass is 9.88. The number of carbonyl (C=O) groups is 3. The number of hydrogen-bond donors (Lipinski definition) is 6. The number of benzene rings is 1. The van der Waals surface area contributed by atoms with Crippen molar-refractivity contribution in [3.8, 4) is 0 Å². The van der Waals surface area contributed by atoms with Crippen molar-refractivity contribution in [2.75, 3.05) is 10.8 Å². The number of thiophene rings is 1. The van der Waals surface area contributed by atoms with Crippen LogP contribution in [0.3, 0.4) is 0 Å². The Kier molecular flexibility index (Phi) is 7.41. The highest BCUT2D eigenvalue weighted by molar-refractivity contribution is 7.14. The summed E-state index contributed by atoms with van der Waals surface area (Å²) in [6, 6.07) is 2.64. The van der Waals surface area contributed by atoms with Crippen LogP contribution in [0.15, 0.2) is 17.5 Å². The second-order valence-corrected chi connectivity index (χ2v) is 8.17. The van der Waals surface area contributed by atoms with Gasteiger partial charge in [-0.25, -0.2) is 14.4 Å². The molecule has 0 unspecified atom stereocenters. The number of amides is 2. The van der Waals surface area contributed by atoms with Crippen LogP contribution < -0.4 is 16.1 Å². The Bertz CT molecular complexity index is 968. The maximum Gasteiger partial charge on any atom is 0.339 e. The van der Waals surface area contributed by atoms with Gasteiger partial charge in [0.15, 0.2) is 0 Å². The van der Waals surface area contributed by atoms with Gasteiger partial charge in [-0.05, 0) is 40.0 Å². The third-order valence-corrected chi connectivity index (χ3v) is 5.50. The molecule has 2 rings (SSSR count). The van der Waals surface area contributed by atoms with Gasteiger partial charge < -0.3 is 20.8 Å². The molecule has 1 aromatic carbocycles. The predicted molar refractivity (Wildman–Crippen MR) is 114 cm³/mol. The molecule has 2 amide bonds. The van der Waals surface area contributed by atoms with Gasteiger partial charge in [-0.2, -0.15) is 0 Å². The van der Waals surface area contributed by atoms with Crippen LogP contribution in [0.1, 0.15) is 76.9 Å². The van der Waals surface area contributed by atoms with E-state index in [4.69, 9.17) is 5.21 Å². The van der Waals surface area contributed by atoms with E-state index < -0.39 is 18.0 Å². The van der Waals surface area contributed by atoms with Crippen LogP contribution in [0, 0.1) is 0 Å². The summed E-state index contributed by atoms with van der Waals surface area (Å²) in [7, 11) is 0. The Morgan fingerprint density at radius 1 is 1.03 bits per heavy atom. The van der Waals surface area contributed by atoms with E-state index in [2.05, 4.69) is 10.6 Å². The quantitative estimate of drug-likeness (QED) is 0.334. The van der Waals surface area contributed by atoms with Crippen LogP contribution in [0.25, 0.3) is 0 Å². The first-order valence-electron chi connectivity index (χ1n) is 9.27. The molecule has 30 heavy (non-hydrogen) atoms. The Morgan fingerprint density at radius 3 is 2.20 bits per heavy atom. The van der Waals surface area contributed by atoms with Gasteiger partial charge in [-0.15, -0.1) is 11.3 Å². The summed E-state index contributed by atoms with van der Waals surface area (Å²) >= 11 is 0.999. The molecule has 0 bridgehead atoms. The zero-order valence-corrected chi connectivity index (χ0v) is 17.9. The molecule has 10 heteroatoms. The molecule has 0 saturated heterocycles. The van der Waals surface area contributed by atoms with Crippen molar-refractivity contribution in [2.24, 2.45) is 0 Å². The van der Waals surface area contributed by atoms with Gasteiger partial charge in [0.05, 0.1) is 11.3 Å². The van der Waals surface area contributed by atoms with E-state index >= 15 is 0 Å². The fourth-order valence-corrected chi connectivity index (χ4v) is 4.07. The molecule has 0 aliphatic rings. The van der Waals surface area contributed by atoms with E-state index in [1.807, 2.05) is 33.2 Å². The van der Waals surface area contributed by atoms with Gasteiger partial charge in [-0.3, -0.25) is 10.7 Å². The van der Waals surface area contributed by atoms with Crippen LogP contribution in [0.5, 0.6) is 0 Å². The molecule has 0 spiro atoms. The van der Waals surface area contributed by atoms with Gasteiger partial charge in [0.2, 0.25) is 0 Å². The van der Waals surface area contributed by atoms with Crippen molar-refractivity contribution in [1.29, 1.82) is 0 Å². The number of anilines is 2. The van der Waals surface area contributed by atoms with E-state index in [1.165, 1.54) is 5.38 Å². The van der Waals surface area contributed by atoms with E-state index in [0.29, 0.717) is 16.8 Å². The van der Waals surface area contributed by atoms with Gasteiger partial charge in [0, 0.05) is 6.54 Å². The smallest absolute Gasteiger partial charge is 0.339 e. The molecule has 0 radical (unpaired) electrons. The van der Waals surface area contributed by atoms with Crippen LogP contribution >= 0.6 is 11.3 Å². The predicted octanol–water partition coefficient (Wildman–Crippen LogP) is 4.51. The number of carboxylic acids is 2. The average Bonchev–Trinajstić information content (AvgIpc) is 3.08. The SMILES string of the molecule is CC(C)c1ccc(C(=O)O)c(C(C)C)c1NC(=O)NCc1csc(NO)c1C(=O)O. The molecule has 9 nitrogen and oxygen atoms in total. The fraction of sp³-hybridized carbons (Fsp3) is 0.350. The van der Waals surface area contributed by atoms with Crippen molar-refractivity contribution in [3.05, 3.63) is 45.3 Å². The molecule has 1 aromatic heterocycles. The molecule has 162 valence electrons. The minimum absolute atomic E-state index is 0.0364. The van der Waals surface area contributed by atoms with Crippen molar-refractivity contribution in [3.63, 3.8) is 0 Å². The molecule has 0 atom stereocenters. The second kappa shape index (κ2) is 9.59. The van der Waals surface area contributed by atoms with E-state index in [9.17, 15) is 24.6 Å². The van der Waals surface area contributed by atoms with Crippen molar-refractivity contribution >= 4 is 40.0 Å². The summed E-state index contributed by atoms with van der Waals surface area (Å²) in [6.07, 6.45) is 0. The maximum absolute atomic E-state index is 12.6. The van der Waals surface area contributed by atoms with Gasteiger partial charge in [0.25, 0.3) is 0 Å². The first-order valence-corrected chi connectivity index (χ1v) is 10.1. The van der Waals surface area contributed by atoms with Crippen LogP contribution in [-0.4, -0.2) is 33.4 Å². The zero-order chi connectivity index (χ0) is 22.6. The van der Waals surface area contributed by atoms with E-state index in [1.54, 1.807) is 12.1 Å². The zero-order valence-electron chi connectivity index (χ0n) is 17.1. The molecule has 0 fully saturated rings. The lowest BCUT2D eigenvalue weighted by Gasteiger charge is -2.22. The normalized spacial score (nSPS) is 10.9. The second-order valence-electron chi connectivity index (χ2n) is 7.30. The Labute approximate surface area is 177 Å². The van der Waals surface area contributed by atoms with Crippen molar-refractivity contribution in [2.45, 2.75) is 46.1 Å². The lowest BCUT2D eigenvalue weighted by molar-refractivity contribution is 0.0685. The van der Waals surface area contributed by atoms with E-state index in [-0.39, 0.29) is 34.5 Å². The first kappa shape index (κ1) is 23.2. The number of nitrogens with one attached hydrogen (secondary N) is 3. The Hall–Kier alpha value is -3.11. The van der Waals surface area contributed by atoms with Crippen LogP contribution in [0.4, 0.5) is 15.5 Å². The average molecular weight is 436 g/mol. The number of urea groups is 1. The molecule has 6 N–H and O–H groups in total. The molecular formula is C20H25N3O6S. The molecule has 2 aromatic rings. The fourth-order valence-electron chi connectivity index (χ4n) is 3.22. The van der Waals surface area contributed by atoms with Gasteiger partial charge >= 0.3 is 18.0 Å². The Balaban J connectivity index is 2.32. The first-order chi connectivity index (χ1) is 14.1. The number of aromatic carboxylic acids is 2. The molecule has 1 heterocycles. The van der Waals surface area contributed by atoms with E-state index in [0.717, 1.165) is 16.9 Å². The lowest BCUT2D eigenvalue weighted by Crippen LogP contribution is -2.30. The van der Waals surface area contributed by atoms with Gasteiger partial charge in [-0.1, -0.05) is 33.8 Å². The topological polar surface area (TPSA) is 148 Å². The highest BCUT2D eigenvalue weighted by Gasteiger charge is 2.23. The third kappa shape index (κ3) is 4.89. The summed E-state index contributed by atoms with van der Waals surface area (Å²) < 4.78 is 0. The monoisotopic (exact) mass is 435 g/mol. The summed E-state index contributed by atoms with van der Waals surface area (Å²) in [5.74, 6) is -2.43. The summed E-state index contributed by atoms with van der Waals surface area (Å²) in [5, 5.41) is 34.8. The highest BCUT2D eigenvalue weighted by atomic mass is 32.1.